The molecule has 13 rings (SSSR count). The average molecular weight is 1100 g/mol. The van der Waals surface area contributed by atoms with Gasteiger partial charge in [-0.25, -0.2) is 25.2 Å². The molecule has 22 nitrogen and oxygen atoms in total. The molecule has 2 aromatic carbocycles. The number of esters is 1. The van der Waals surface area contributed by atoms with Gasteiger partial charge in [0.05, 0.1) is 98.7 Å². The second-order valence-electron chi connectivity index (χ2n) is 16.1. The number of carbonyl (C=O) groups excluding carboxylic acids is 2. The highest BCUT2D eigenvalue weighted by Crippen LogP contribution is 2.32. The summed E-state index contributed by atoms with van der Waals surface area (Å²) < 4.78 is 6.54. The minimum absolute atomic E-state index is 0. The smallest absolute Gasteiger partial charge is 0.338 e. The van der Waals surface area contributed by atoms with Crippen LogP contribution in [0.25, 0.3) is 44.1 Å². The van der Waals surface area contributed by atoms with Crippen molar-refractivity contribution in [2.24, 2.45) is 0 Å². The Morgan fingerprint density at radius 3 is 1.61 bits per heavy atom. The lowest BCUT2D eigenvalue weighted by Crippen LogP contribution is -2.21. The van der Waals surface area contributed by atoms with E-state index in [2.05, 4.69) is 90.5 Å². The van der Waals surface area contributed by atoms with Gasteiger partial charge in [0, 0.05) is 62.7 Å². The number of carbonyl (C=O) groups is 2. The van der Waals surface area contributed by atoms with Crippen LogP contribution in [0.3, 0.4) is 0 Å². The summed E-state index contributed by atoms with van der Waals surface area (Å²) in [5.41, 5.74) is 26.1. The molecule has 11 aromatic rings. The zero-order valence-corrected chi connectivity index (χ0v) is 42.4. The van der Waals surface area contributed by atoms with Gasteiger partial charge < -0.3 is 50.9 Å². The zero-order chi connectivity index (χ0) is 50.8. The Labute approximate surface area is 440 Å². The van der Waals surface area contributed by atoms with Crippen molar-refractivity contribution in [1.29, 1.82) is 0 Å². The van der Waals surface area contributed by atoms with Crippen LogP contribution in [-0.4, -0.2) is 88.5 Å². The lowest BCUT2D eigenvalue weighted by molar-refractivity contribution is 0.0525. The number of hydroxylamine groups is 1. The number of aromatic nitrogens is 13. The van der Waals surface area contributed by atoms with Crippen molar-refractivity contribution in [2.45, 2.75) is 33.1 Å². The van der Waals surface area contributed by atoms with Gasteiger partial charge >= 0.3 is 5.97 Å². The van der Waals surface area contributed by atoms with E-state index in [-0.39, 0.29) is 18.4 Å². The predicted molar refractivity (Wildman–Crippen MR) is 289 cm³/mol. The molecule has 11 N–H and O–H groups in total. The van der Waals surface area contributed by atoms with Gasteiger partial charge in [0.25, 0.3) is 5.91 Å². The van der Waals surface area contributed by atoms with Crippen LogP contribution in [0.1, 0.15) is 49.9 Å². The third kappa shape index (κ3) is 11.9. The molecule has 25 heteroatoms. The molecule has 0 fully saturated rings. The highest BCUT2D eigenvalue weighted by atomic mass is 79.9. The van der Waals surface area contributed by atoms with Crippen LogP contribution in [0, 0.1) is 4.77 Å². The Bertz CT molecular complexity index is 3630. The average Bonchev–Trinajstić information content (AvgIpc) is 4.28. The van der Waals surface area contributed by atoms with Gasteiger partial charge in [0.15, 0.2) is 9.50 Å². The number of nitrogens with zero attached hydrogens (tertiary/aromatic N) is 10. The number of hydrogen-bond donors (Lipinski definition) is 9. The van der Waals surface area contributed by atoms with Crippen LogP contribution in [-0.2, 0) is 30.9 Å². The SMILES string of the molecule is Brc1nc2ccncc2[nH]1.CCOC(=O)c1cccc2c1CN(c1nc3ccncc3[nH]1)C2.Cl.Nc1ccncc1N.O=C(NO)c1cccc2c1CN(c1nc3ccncc3[nH]1)C2.S=c1[nH]c2ccncc2[nH]1. The Balaban J connectivity index is 0.000000131. The van der Waals surface area contributed by atoms with Crippen molar-refractivity contribution in [3.63, 3.8) is 0 Å². The van der Waals surface area contributed by atoms with Gasteiger partial charge in [-0.05, 0) is 99.8 Å². The minimum atomic E-state index is -0.493. The molecule has 2 aliphatic rings. The summed E-state index contributed by atoms with van der Waals surface area (Å²) in [7, 11) is 0. The highest BCUT2D eigenvalue weighted by Gasteiger charge is 2.28. The number of fused-ring (bicyclic) bond motifs is 6. The summed E-state index contributed by atoms with van der Waals surface area (Å²) >= 11 is 8.10. The van der Waals surface area contributed by atoms with E-state index in [1.165, 1.54) is 6.20 Å². The molecule has 0 bridgehead atoms. The van der Waals surface area contributed by atoms with Crippen LogP contribution in [0.5, 0.6) is 0 Å². The predicted octanol–water partition coefficient (Wildman–Crippen LogP) is 8.26. The van der Waals surface area contributed by atoms with Crippen molar-refractivity contribution in [3.8, 4) is 0 Å². The molecule has 0 saturated carbocycles. The Morgan fingerprint density at radius 1 is 0.622 bits per heavy atom. The number of hydrogen-bond acceptors (Lipinski definition) is 17. The summed E-state index contributed by atoms with van der Waals surface area (Å²) in [4.78, 5) is 76.6. The summed E-state index contributed by atoms with van der Waals surface area (Å²) in [5, 5.41) is 8.86. The van der Waals surface area contributed by atoms with Crippen molar-refractivity contribution in [2.75, 3.05) is 27.9 Å². The fourth-order valence-corrected chi connectivity index (χ4v) is 8.55. The quantitative estimate of drug-likeness (QED) is 0.0339. The number of nitrogens with two attached hydrogens (primary N) is 2. The molecule has 376 valence electrons. The van der Waals surface area contributed by atoms with E-state index in [9.17, 15) is 9.59 Å². The maximum absolute atomic E-state index is 12.1. The number of pyridine rings is 5. The van der Waals surface area contributed by atoms with Crippen molar-refractivity contribution < 1.29 is 19.5 Å². The van der Waals surface area contributed by atoms with Crippen molar-refractivity contribution in [3.05, 3.63) is 172 Å². The molecule has 2 aliphatic heterocycles. The van der Waals surface area contributed by atoms with Gasteiger partial charge in [-0.1, -0.05) is 24.3 Å². The number of nitrogens with one attached hydrogen (secondary N) is 6. The number of aromatic amines is 5. The minimum Gasteiger partial charge on any atom is -0.462 e. The Kier molecular flexibility index (Phi) is 16.4. The topological polar surface area (TPSA) is 316 Å². The molecule has 0 spiro atoms. The number of imidazole rings is 4. The third-order valence-electron chi connectivity index (χ3n) is 11.4. The molecule has 1 amide bonds. The molecule has 0 radical (unpaired) electrons. The molecule has 0 saturated heterocycles. The first-order valence-corrected chi connectivity index (χ1v) is 23.6. The first-order chi connectivity index (χ1) is 35.5. The standard InChI is InChI=1S/C17H16N4O2.C15H13N5O2.C6H4BrN3.C6H5N3S.C5H7N3.ClH/c1-2-23-16(22)12-5-3-4-11-9-21(10-13(11)12)17-19-14-6-7-18-8-15(14)20-17;21-14(19-22)10-3-1-2-9-7-20(8-11(9)10)15-17-12-4-5-16-6-13(12)18-15;7-6-9-4-1-2-8-3-5(4)10-6;10-6-8-4-1-2-7-3-5(4)9-6;6-4-1-2-8-3-5(4)7;/h3-8H,2,9-10H2,1H3,(H,19,20);1-6,22H,7-8H2,(H,17,18)(H,19,21);1-3H,(H,9,10);1-3H,(H2,8,9,10);1-3H,7H2,(H2,6,8);1H. The van der Waals surface area contributed by atoms with Gasteiger partial charge in [0.1, 0.15) is 0 Å². The van der Waals surface area contributed by atoms with E-state index in [0.717, 1.165) is 89.6 Å². The maximum Gasteiger partial charge on any atom is 0.338 e. The van der Waals surface area contributed by atoms with Gasteiger partial charge in [-0.3, -0.25) is 34.9 Å². The Morgan fingerprint density at radius 2 is 1.11 bits per heavy atom. The maximum atomic E-state index is 12.1. The largest absolute Gasteiger partial charge is 0.462 e. The molecule has 0 atom stereocenters. The number of benzene rings is 2. The third-order valence-corrected chi connectivity index (χ3v) is 12.0. The number of amides is 1. The van der Waals surface area contributed by atoms with Crippen LogP contribution < -0.4 is 26.7 Å². The van der Waals surface area contributed by atoms with Crippen LogP contribution in [0.4, 0.5) is 23.3 Å². The summed E-state index contributed by atoms with van der Waals surface area (Å²) in [5.74, 6) is 0.779. The lowest BCUT2D eigenvalue weighted by atomic mass is 10.0. The first-order valence-electron chi connectivity index (χ1n) is 22.4. The number of rotatable bonds is 5. The normalized spacial score (nSPS) is 11.9. The van der Waals surface area contributed by atoms with Gasteiger partial charge in [-0.15, -0.1) is 12.4 Å². The van der Waals surface area contributed by atoms with E-state index >= 15 is 0 Å². The summed E-state index contributed by atoms with van der Waals surface area (Å²) in [6, 6.07) is 20.4. The fourth-order valence-electron chi connectivity index (χ4n) is 7.92. The van der Waals surface area contributed by atoms with Crippen molar-refractivity contribution in [1.82, 2.24) is 70.3 Å². The second kappa shape index (κ2) is 23.6. The summed E-state index contributed by atoms with van der Waals surface area (Å²) in [6.45, 7) is 4.77. The molecular formula is C49H46BrClN18O4S. The lowest BCUT2D eigenvalue weighted by Gasteiger charge is -2.13. The van der Waals surface area contributed by atoms with Crippen molar-refractivity contribution >= 4 is 120 Å². The van der Waals surface area contributed by atoms with Gasteiger partial charge in [-0.2, -0.15) is 0 Å². The fraction of sp³-hybridized carbons (Fsp3) is 0.122. The number of halogens is 2. The highest BCUT2D eigenvalue weighted by molar-refractivity contribution is 9.10. The van der Waals surface area contributed by atoms with E-state index in [4.69, 9.17) is 33.6 Å². The molecular weight excluding hydrogens is 1050 g/mol. The number of H-pyrrole nitrogens is 5. The molecule has 9 aromatic heterocycles. The van der Waals surface area contributed by atoms with Crippen LogP contribution >= 0.6 is 40.6 Å². The van der Waals surface area contributed by atoms with E-state index in [0.29, 0.717) is 53.5 Å². The van der Waals surface area contributed by atoms with E-state index < -0.39 is 5.91 Å². The molecule has 11 heterocycles. The second-order valence-corrected chi connectivity index (χ2v) is 17.3. The number of ether oxygens (including phenoxy) is 1. The van der Waals surface area contributed by atoms with E-state index in [1.54, 1.807) is 73.4 Å². The van der Waals surface area contributed by atoms with Crippen LogP contribution in [0.15, 0.2) is 133 Å². The first kappa shape index (κ1) is 51.5. The van der Waals surface area contributed by atoms with Crippen LogP contribution in [0.2, 0.25) is 0 Å². The zero-order valence-electron chi connectivity index (χ0n) is 39.2. The molecule has 74 heavy (non-hydrogen) atoms. The monoisotopic (exact) mass is 1100 g/mol. The number of nitrogen functional groups attached to an aromatic ring is 2. The molecule has 0 unspecified atom stereocenters. The molecule has 0 aliphatic carbocycles. The summed E-state index contributed by atoms with van der Waals surface area (Å²) in [6.07, 6.45) is 17.0. The van der Waals surface area contributed by atoms with E-state index in [1.807, 2.05) is 61.5 Å². The van der Waals surface area contributed by atoms with Gasteiger partial charge in [0.2, 0.25) is 11.9 Å². The Hall–Kier alpha value is -8.84. The number of anilines is 4.